The van der Waals surface area contributed by atoms with Gasteiger partial charge in [-0.15, -0.1) is 0 Å². The fourth-order valence-corrected chi connectivity index (χ4v) is 16.4. The number of ether oxygens (including phenoxy) is 8. The summed E-state index contributed by atoms with van der Waals surface area (Å²) < 4.78 is 87.7. The van der Waals surface area contributed by atoms with Crippen LogP contribution in [0.4, 0.5) is 0 Å². The van der Waals surface area contributed by atoms with Gasteiger partial charge >= 0.3 is 59.1 Å². The van der Waals surface area contributed by atoms with E-state index in [1.807, 2.05) is 39.8 Å². The Morgan fingerprint density at radius 2 is 0.613 bits per heavy atom. The molecule has 0 atom stereocenters. The van der Waals surface area contributed by atoms with E-state index in [1.165, 1.54) is 0 Å². The van der Waals surface area contributed by atoms with Gasteiger partial charge in [0.2, 0.25) is 21.1 Å². The van der Waals surface area contributed by atoms with E-state index in [-0.39, 0.29) is 102 Å². The summed E-state index contributed by atoms with van der Waals surface area (Å²) in [5, 5.41) is 4.56. The molecule has 0 N–H and O–H groups in total. The van der Waals surface area contributed by atoms with Crippen molar-refractivity contribution in [2.75, 3.05) is 54.9 Å². The van der Waals surface area contributed by atoms with E-state index in [2.05, 4.69) is 98.0 Å². The smallest absolute Gasteiger partial charge is 0.544 e. The van der Waals surface area contributed by atoms with Gasteiger partial charge in [-0.1, -0.05) is 27.7 Å². The Balaban J connectivity index is 0.000000246. The average Bonchev–Trinajstić information content (AvgIpc) is 1.58. The van der Waals surface area contributed by atoms with Crippen LogP contribution in [0.2, 0.25) is 21.1 Å². The maximum Gasteiger partial charge on any atom is 1.00 e. The number of fused-ring (bicyclic) bond motifs is 4. The fraction of sp³-hybridized carbons (Fsp3) is 0.639. The molecule has 4 aliphatic rings. The van der Waals surface area contributed by atoms with Crippen molar-refractivity contribution < 1.29 is 148 Å². The summed E-state index contributed by atoms with van der Waals surface area (Å²) in [4.78, 5) is 57.5. The number of rotatable bonds is 24. The molecule has 4 aliphatic carbocycles. The van der Waals surface area contributed by atoms with E-state index in [0.29, 0.717) is 62.2 Å². The molecular weight excluding hydrogens is 1520 g/mol. The Kier molecular flexibility index (Phi) is 40.4. The molecule has 0 aliphatic heterocycles. The van der Waals surface area contributed by atoms with Crippen LogP contribution in [0, 0.1) is 22.7 Å². The van der Waals surface area contributed by atoms with Gasteiger partial charge in [0.05, 0.1) is 69.8 Å². The first-order valence-corrected chi connectivity index (χ1v) is 38.4. The van der Waals surface area contributed by atoms with Crippen LogP contribution >= 0.6 is 46.4 Å². The second-order valence-corrected chi connectivity index (χ2v) is 27.8. The third-order valence-electron chi connectivity index (χ3n) is 21.5. The summed E-state index contributed by atoms with van der Waals surface area (Å²) in [5.74, 6) is 0. The predicted octanol–water partition coefficient (Wildman–Crippen LogP) is 6.14. The van der Waals surface area contributed by atoms with Gasteiger partial charge in [-0.25, -0.2) is 19.9 Å². The number of hydrogen-bond acceptors (Lipinski definition) is 22. The van der Waals surface area contributed by atoms with Crippen LogP contribution in [0.15, 0.2) is 49.1 Å². The maximum absolute atomic E-state index is 11.6. The molecule has 576 valence electrons. The predicted molar refractivity (Wildman–Crippen MR) is 383 cm³/mol. The number of aromatic nitrogens is 12. The first-order valence-electron chi connectivity index (χ1n) is 35.7. The zero-order valence-corrected chi connectivity index (χ0v) is 72.1. The van der Waals surface area contributed by atoms with Crippen molar-refractivity contribution in [3.63, 3.8) is 0 Å². The van der Waals surface area contributed by atoms with Gasteiger partial charge in [-0.2, -0.15) is 19.9 Å². The Bertz CT molecular complexity index is 3700. The normalized spacial score (nSPS) is 22.8. The van der Waals surface area contributed by atoms with Crippen LogP contribution in [0.1, 0.15) is 229 Å². The number of aldehydes is 2. The molecule has 26 nitrogen and oxygen atoms in total. The van der Waals surface area contributed by atoms with E-state index >= 15 is 0 Å². The topological polar surface area (TPSA) is 323 Å². The number of hydrogen-bond donors (Lipinski definition) is 0. The first-order chi connectivity index (χ1) is 50.2. The van der Waals surface area contributed by atoms with Crippen LogP contribution < -0.4 is 77.8 Å². The van der Waals surface area contributed by atoms with Crippen molar-refractivity contribution in [2.45, 2.75) is 243 Å². The summed E-state index contributed by atoms with van der Waals surface area (Å²) >= 11 is 23.4. The van der Waals surface area contributed by atoms with Crippen molar-refractivity contribution >= 4 is 103 Å². The largest absolute Gasteiger partial charge is 1.00 e. The van der Waals surface area contributed by atoms with Crippen LogP contribution in [-0.2, 0) is 60.1 Å². The first kappa shape index (κ1) is 93.7. The molecule has 0 radical (unpaired) electrons. The number of carbonyl (C=O) groups is 2. The minimum absolute atomic E-state index is 0. The molecule has 0 bridgehead atoms. The minimum Gasteiger partial charge on any atom is -0.544 e. The Morgan fingerprint density at radius 1 is 0.406 bits per heavy atom. The van der Waals surface area contributed by atoms with Gasteiger partial charge in [0.1, 0.15) is 22.6 Å². The standard InChI is InChI=1S/2C20H30ClN3O3.2C16H20ClN3O2.2ClO2.2Na/c2*1-5-20(10-8-15(25-4)9-11-20)24-16(18(26-6-2)27-7-3)12-14-13-22-19(21)23-17(14)24;2*1-3-16(6-4-13(22-2)5-7-16)20-12(10-21)8-11-9-18-15(17)19-14(11)20;2*2-1-3;;/h2*12-13,15,18H,5-11H2,1-4H3;2*8-10,13H,3-7H2,1-2H3;;;;/q;;;;2*-1;2*+1. The summed E-state index contributed by atoms with van der Waals surface area (Å²) in [6.07, 6.45) is 29.0. The van der Waals surface area contributed by atoms with Gasteiger partial charge in [0.25, 0.3) is 0 Å². The van der Waals surface area contributed by atoms with Crippen molar-refractivity contribution in [3.05, 3.63) is 93.0 Å². The summed E-state index contributed by atoms with van der Waals surface area (Å²) in [6, 6.07) is 7.86. The van der Waals surface area contributed by atoms with Gasteiger partial charge in [-0.3, -0.25) is 9.59 Å². The minimum atomic E-state index is -0.434. The van der Waals surface area contributed by atoms with E-state index < -0.39 is 35.2 Å². The number of carbonyl (C=O) groups excluding carboxylic acids is 2. The molecule has 8 aromatic rings. The zero-order valence-electron chi connectivity index (χ0n) is 63.6. The van der Waals surface area contributed by atoms with Crippen molar-refractivity contribution in [2.24, 2.45) is 0 Å². The van der Waals surface area contributed by atoms with Crippen LogP contribution in [-0.4, -0.2) is 150 Å². The molecule has 0 saturated heterocycles. The SMILES string of the molecule is CCC1(n2c(C=O)cc3cnc(Cl)nc32)CCC(OC)CC1.CCC1(n2c(C=O)cc3cnc(Cl)nc32)CCC(OC)CC1.CCOC(OCC)c1cc2cnc(Cl)nc2n1C1(CC)CCC(OC)CC1.CCOC(OCC)c1cc2cnc(Cl)nc2n1C1(CC)CCC(OC)CC1.[Na+].[Na+].[O-][Cl+][O-].[O-][Cl+][O-]. The molecule has 106 heavy (non-hydrogen) atoms. The van der Waals surface area contributed by atoms with Gasteiger partial charge in [-0.05, 0) is 227 Å². The van der Waals surface area contributed by atoms with Gasteiger partial charge in [0.15, 0.2) is 25.2 Å². The summed E-state index contributed by atoms with van der Waals surface area (Å²) in [6.45, 7) is 19.0. The molecule has 4 saturated carbocycles. The molecule has 0 spiro atoms. The van der Waals surface area contributed by atoms with Crippen LogP contribution in [0.5, 0.6) is 0 Å². The van der Waals surface area contributed by atoms with E-state index in [9.17, 15) is 9.59 Å². The Morgan fingerprint density at radius 3 is 0.811 bits per heavy atom. The maximum atomic E-state index is 11.6. The Hall–Kier alpha value is -2.92. The zero-order chi connectivity index (χ0) is 75.8. The summed E-state index contributed by atoms with van der Waals surface area (Å²) in [7, 11) is 7.12. The van der Waals surface area contributed by atoms with Crippen molar-refractivity contribution in [3.8, 4) is 0 Å². The quantitative estimate of drug-likeness (QED) is 0.0284. The molecule has 4 fully saturated rings. The second kappa shape index (κ2) is 45.7. The number of methoxy groups -OCH3 is 4. The molecule has 0 aromatic carbocycles. The third-order valence-corrected chi connectivity index (χ3v) is 22.2. The average molecular weight is 1620 g/mol. The second-order valence-electron chi connectivity index (χ2n) is 26.2. The van der Waals surface area contributed by atoms with Crippen molar-refractivity contribution in [1.82, 2.24) is 58.1 Å². The van der Waals surface area contributed by atoms with Crippen LogP contribution in [0.25, 0.3) is 44.1 Å². The third kappa shape index (κ3) is 22.3. The molecule has 0 amide bonds. The molecule has 34 heteroatoms. The Labute approximate surface area is 693 Å². The van der Waals surface area contributed by atoms with Crippen molar-refractivity contribution in [1.29, 1.82) is 0 Å². The molecule has 8 heterocycles. The number of halogens is 6. The summed E-state index contributed by atoms with van der Waals surface area (Å²) in [5.41, 5.74) is 6.14. The van der Waals surface area contributed by atoms with Gasteiger partial charge in [0, 0.05) is 123 Å². The van der Waals surface area contributed by atoms with Crippen LogP contribution in [0.3, 0.4) is 0 Å². The van der Waals surface area contributed by atoms with E-state index in [4.69, 9.17) is 103 Å². The molecular formula is C72H100Cl6N12Na2O14. The molecule has 0 unspecified atom stereocenters. The molecule has 8 aromatic heterocycles. The van der Waals surface area contributed by atoms with E-state index in [0.717, 1.165) is 197 Å². The number of nitrogens with zero attached hydrogens (tertiary/aromatic N) is 12. The fourth-order valence-electron chi connectivity index (χ4n) is 15.9. The van der Waals surface area contributed by atoms with E-state index in [1.54, 1.807) is 53.2 Å². The van der Waals surface area contributed by atoms with Gasteiger partial charge < -0.3 is 74.8 Å². The molecule has 12 rings (SSSR count). The monoisotopic (exact) mass is 1610 g/mol.